The number of ether oxygens (including phenoxy) is 1. The fraction of sp³-hybridized carbons (Fsp3) is 0.133. The number of fused-ring (bicyclic) bond motifs is 4. The SMILES string of the molecule is Cc1[nH]nc2c1[C@@]1(C(=O)Nc3ccccc31)C(C#N)=C(N)O2. The predicted molar refractivity (Wildman–Crippen MR) is 76.6 cm³/mol. The Morgan fingerprint density at radius 2 is 2.18 bits per heavy atom. The molecular formula is C15H11N5O2. The third kappa shape index (κ3) is 1.20. The lowest BCUT2D eigenvalue weighted by Gasteiger charge is -2.31. The number of carbonyl (C=O) groups excluding carboxylic acids is 1. The molecule has 0 saturated carbocycles. The predicted octanol–water partition coefficient (Wildman–Crippen LogP) is 1.04. The van der Waals surface area contributed by atoms with Crippen LogP contribution in [-0.2, 0) is 10.2 Å². The minimum atomic E-state index is -1.32. The third-order valence-corrected chi connectivity index (χ3v) is 4.15. The first kappa shape index (κ1) is 12.5. The van der Waals surface area contributed by atoms with Gasteiger partial charge in [0.05, 0.1) is 5.56 Å². The number of H-pyrrole nitrogens is 1. The molecule has 2 aliphatic rings. The zero-order valence-electron chi connectivity index (χ0n) is 11.6. The minimum absolute atomic E-state index is 0.0759. The Kier molecular flexibility index (Phi) is 2.20. The Bertz CT molecular complexity index is 905. The fourth-order valence-corrected chi connectivity index (χ4v) is 3.28. The zero-order valence-corrected chi connectivity index (χ0v) is 11.6. The quantitative estimate of drug-likeness (QED) is 0.671. The van der Waals surface area contributed by atoms with Crippen LogP contribution in [0, 0.1) is 18.3 Å². The lowest BCUT2D eigenvalue weighted by Crippen LogP contribution is -2.42. The number of para-hydroxylation sites is 1. The van der Waals surface area contributed by atoms with Gasteiger partial charge in [0.25, 0.3) is 0 Å². The summed E-state index contributed by atoms with van der Waals surface area (Å²) >= 11 is 0. The molecule has 7 heteroatoms. The maximum Gasteiger partial charge on any atom is 0.245 e. The molecule has 4 N–H and O–H groups in total. The highest BCUT2D eigenvalue weighted by Crippen LogP contribution is 2.53. The van der Waals surface area contributed by atoms with Crippen molar-refractivity contribution < 1.29 is 9.53 Å². The average molecular weight is 293 g/mol. The number of aryl methyl sites for hydroxylation is 1. The van der Waals surface area contributed by atoms with Crippen molar-refractivity contribution in [1.29, 1.82) is 5.26 Å². The van der Waals surface area contributed by atoms with Gasteiger partial charge in [-0.1, -0.05) is 18.2 Å². The fourth-order valence-electron chi connectivity index (χ4n) is 3.28. The number of hydrogen-bond donors (Lipinski definition) is 3. The minimum Gasteiger partial charge on any atom is -0.420 e. The molecule has 0 fully saturated rings. The van der Waals surface area contributed by atoms with Crippen LogP contribution >= 0.6 is 0 Å². The molecule has 0 saturated heterocycles. The van der Waals surface area contributed by atoms with E-state index in [0.717, 1.165) is 0 Å². The van der Waals surface area contributed by atoms with Crippen LogP contribution < -0.4 is 15.8 Å². The highest BCUT2D eigenvalue weighted by molar-refractivity contribution is 6.12. The number of amides is 1. The molecule has 1 aromatic carbocycles. The molecule has 108 valence electrons. The van der Waals surface area contributed by atoms with E-state index in [1.165, 1.54) is 0 Å². The van der Waals surface area contributed by atoms with Crippen molar-refractivity contribution in [2.45, 2.75) is 12.3 Å². The van der Waals surface area contributed by atoms with Crippen LogP contribution in [0.2, 0.25) is 0 Å². The van der Waals surface area contributed by atoms with E-state index < -0.39 is 5.41 Å². The number of nitrogens with two attached hydrogens (primary N) is 1. The van der Waals surface area contributed by atoms with Gasteiger partial charge in [-0.3, -0.25) is 9.89 Å². The summed E-state index contributed by atoms with van der Waals surface area (Å²) in [7, 11) is 0. The lowest BCUT2D eigenvalue weighted by molar-refractivity contribution is -0.118. The Morgan fingerprint density at radius 3 is 2.95 bits per heavy atom. The standard InChI is InChI=1S/C15H11N5O2/c1-7-11-13(20-19-7)22-12(17)9(6-16)15(11)8-4-2-3-5-10(8)18-14(15)21/h2-5H,17H2,1H3,(H,18,21)(H,19,20)/t15-/m0/s1. The number of benzene rings is 1. The van der Waals surface area contributed by atoms with Crippen molar-refractivity contribution in [3.63, 3.8) is 0 Å². The highest BCUT2D eigenvalue weighted by Gasteiger charge is 2.58. The maximum absolute atomic E-state index is 12.9. The van der Waals surface area contributed by atoms with Gasteiger partial charge < -0.3 is 15.8 Å². The van der Waals surface area contributed by atoms with E-state index in [-0.39, 0.29) is 23.2 Å². The normalized spacial score (nSPS) is 21.9. The lowest BCUT2D eigenvalue weighted by atomic mass is 9.69. The number of anilines is 1. The van der Waals surface area contributed by atoms with Crippen molar-refractivity contribution in [3.05, 3.63) is 52.5 Å². The molecule has 0 unspecified atom stereocenters. The van der Waals surface area contributed by atoms with Crippen LogP contribution in [0.3, 0.4) is 0 Å². The summed E-state index contributed by atoms with van der Waals surface area (Å²) in [5.74, 6) is -0.212. The Hall–Kier alpha value is -3.27. The van der Waals surface area contributed by atoms with Gasteiger partial charge in [0, 0.05) is 16.9 Å². The second kappa shape index (κ2) is 3.89. The number of aromatic amines is 1. The zero-order chi connectivity index (χ0) is 15.5. The molecule has 1 spiro atoms. The van der Waals surface area contributed by atoms with Gasteiger partial charge >= 0.3 is 0 Å². The van der Waals surface area contributed by atoms with Crippen LogP contribution in [0.5, 0.6) is 5.88 Å². The Balaban J connectivity index is 2.18. The summed E-state index contributed by atoms with van der Waals surface area (Å²) in [6, 6.07) is 9.27. The molecule has 1 atom stereocenters. The maximum atomic E-state index is 12.9. The van der Waals surface area contributed by atoms with Crippen LogP contribution in [-0.4, -0.2) is 16.1 Å². The summed E-state index contributed by atoms with van der Waals surface area (Å²) < 4.78 is 5.42. The van der Waals surface area contributed by atoms with Gasteiger partial charge in [-0.05, 0) is 13.0 Å². The molecule has 2 aliphatic heterocycles. The molecule has 0 aliphatic carbocycles. The van der Waals surface area contributed by atoms with Gasteiger partial charge in [0.1, 0.15) is 17.1 Å². The van der Waals surface area contributed by atoms with Crippen LogP contribution in [0.25, 0.3) is 0 Å². The van der Waals surface area contributed by atoms with Crippen molar-refractivity contribution in [3.8, 4) is 11.9 Å². The topological polar surface area (TPSA) is 117 Å². The molecule has 0 bridgehead atoms. The summed E-state index contributed by atoms with van der Waals surface area (Å²) in [4.78, 5) is 12.9. The first-order valence-corrected chi connectivity index (χ1v) is 6.65. The summed E-state index contributed by atoms with van der Waals surface area (Å²) in [5, 5.41) is 19.3. The molecular weight excluding hydrogens is 282 g/mol. The van der Waals surface area contributed by atoms with E-state index in [4.69, 9.17) is 10.5 Å². The van der Waals surface area contributed by atoms with E-state index in [1.807, 2.05) is 18.2 Å². The number of aromatic nitrogens is 2. The number of hydrogen-bond acceptors (Lipinski definition) is 5. The number of rotatable bonds is 0. The number of nitrogens with zero attached hydrogens (tertiary/aromatic N) is 2. The summed E-state index contributed by atoms with van der Waals surface area (Å²) in [6.45, 7) is 1.78. The number of carbonyl (C=O) groups is 1. The third-order valence-electron chi connectivity index (χ3n) is 4.15. The second-order valence-electron chi connectivity index (χ2n) is 5.23. The van der Waals surface area contributed by atoms with E-state index in [1.54, 1.807) is 19.1 Å². The molecule has 7 nitrogen and oxygen atoms in total. The van der Waals surface area contributed by atoms with Crippen molar-refractivity contribution in [2.24, 2.45) is 5.73 Å². The van der Waals surface area contributed by atoms with Gasteiger partial charge in [-0.2, -0.15) is 5.26 Å². The van der Waals surface area contributed by atoms with Crippen LogP contribution in [0.15, 0.2) is 35.7 Å². The van der Waals surface area contributed by atoms with E-state index in [9.17, 15) is 10.1 Å². The first-order chi connectivity index (χ1) is 10.6. The smallest absolute Gasteiger partial charge is 0.245 e. The molecule has 1 amide bonds. The Labute approximate surface area is 125 Å². The van der Waals surface area contributed by atoms with E-state index in [0.29, 0.717) is 22.5 Å². The summed E-state index contributed by atoms with van der Waals surface area (Å²) in [6.07, 6.45) is 0. The van der Waals surface area contributed by atoms with E-state index in [2.05, 4.69) is 15.5 Å². The van der Waals surface area contributed by atoms with Crippen molar-refractivity contribution in [1.82, 2.24) is 10.2 Å². The van der Waals surface area contributed by atoms with Crippen LogP contribution in [0.1, 0.15) is 16.8 Å². The highest BCUT2D eigenvalue weighted by atomic mass is 16.5. The monoisotopic (exact) mass is 293 g/mol. The molecule has 3 heterocycles. The average Bonchev–Trinajstić information content (AvgIpc) is 3.00. The van der Waals surface area contributed by atoms with E-state index >= 15 is 0 Å². The second-order valence-corrected chi connectivity index (χ2v) is 5.23. The first-order valence-electron chi connectivity index (χ1n) is 6.65. The number of nitriles is 1. The molecule has 22 heavy (non-hydrogen) atoms. The van der Waals surface area contributed by atoms with Crippen molar-refractivity contribution >= 4 is 11.6 Å². The van der Waals surface area contributed by atoms with Crippen molar-refractivity contribution in [2.75, 3.05) is 5.32 Å². The van der Waals surface area contributed by atoms with Gasteiger partial charge in [-0.15, -0.1) is 5.10 Å². The van der Waals surface area contributed by atoms with Gasteiger partial charge in [0.15, 0.2) is 0 Å². The Morgan fingerprint density at radius 1 is 1.41 bits per heavy atom. The molecule has 1 aromatic heterocycles. The molecule has 2 aromatic rings. The molecule has 0 radical (unpaired) electrons. The largest absolute Gasteiger partial charge is 0.420 e. The molecule has 4 rings (SSSR count). The number of nitrogens with one attached hydrogen (secondary N) is 2. The van der Waals surface area contributed by atoms with Gasteiger partial charge in [-0.25, -0.2) is 0 Å². The van der Waals surface area contributed by atoms with Gasteiger partial charge in [0.2, 0.25) is 17.7 Å². The summed E-state index contributed by atoms with van der Waals surface area (Å²) in [5.41, 5.74) is 7.16. The van der Waals surface area contributed by atoms with Crippen LogP contribution in [0.4, 0.5) is 5.69 Å².